The second-order valence-corrected chi connectivity index (χ2v) is 6.67. The summed E-state index contributed by atoms with van der Waals surface area (Å²) >= 11 is 0. The number of hydrogen-bond acceptors (Lipinski definition) is 3. The van der Waals surface area contributed by atoms with Gasteiger partial charge in [-0.1, -0.05) is 46.8 Å². The van der Waals surface area contributed by atoms with Crippen LogP contribution in [-0.4, -0.2) is 25.2 Å². The van der Waals surface area contributed by atoms with E-state index in [0.29, 0.717) is 5.69 Å². The molecule has 0 fully saturated rings. The number of esters is 1. The van der Waals surface area contributed by atoms with Crippen molar-refractivity contribution >= 4 is 17.7 Å². The van der Waals surface area contributed by atoms with Crippen molar-refractivity contribution in [2.24, 2.45) is 5.92 Å². The highest BCUT2D eigenvalue weighted by Crippen LogP contribution is 2.23. The molecule has 0 aliphatic carbocycles. The summed E-state index contributed by atoms with van der Waals surface area (Å²) in [6.45, 7) is 10.1. The number of nitrogens with one attached hydrogen (secondary N) is 2. The van der Waals surface area contributed by atoms with Gasteiger partial charge in [-0.3, -0.25) is 0 Å². The van der Waals surface area contributed by atoms with E-state index in [2.05, 4.69) is 31.4 Å². The summed E-state index contributed by atoms with van der Waals surface area (Å²) in [6.07, 6.45) is 0. The number of carbonyl (C=O) groups is 2. The molecular formula is C17H26N2O3. The maximum absolute atomic E-state index is 12.0. The van der Waals surface area contributed by atoms with Crippen molar-refractivity contribution in [3.63, 3.8) is 0 Å². The van der Waals surface area contributed by atoms with Crippen LogP contribution in [0.2, 0.25) is 0 Å². The lowest BCUT2D eigenvalue weighted by atomic mass is 9.87. The standard InChI is InChI=1S/C17H26N2O3/c1-11(2)14(15(20)22-6)19-16(21)18-13-9-7-12(8-10-13)17(3,4)5/h7-11,14H,1-6H3,(H2,18,19,21)/t14-/m0/s1. The molecule has 0 aliphatic rings. The van der Waals surface area contributed by atoms with E-state index in [1.165, 1.54) is 12.7 Å². The summed E-state index contributed by atoms with van der Waals surface area (Å²) in [5, 5.41) is 5.36. The third-order valence-electron chi connectivity index (χ3n) is 3.42. The number of carbonyl (C=O) groups excluding carboxylic acids is 2. The Morgan fingerprint density at radius 3 is 2.05 bits per heavy atom. The van der Waals surface area contributed by atoms with Crippen molar-refractivity contribution in [3.8, 4) is 0 Å². The number of methoxy groups -OCH3 is 1. The number of ether oxygens (including phenoxy) is 1. The number of benzene rings is 1. The van der Waals surface area contributed by atoms with Crippen LogP contribution in [0.5, 0.6) is 0 Å². The monoisotopic (exact) mass is 306 g/mol. The Bertz CT molecular complexity index is 516. The lowest BCUT2D eigenvalue weighted by Gasteiger charge is -2.21. The Balaban J connectivity index is 2.70. The molecule has 0 aromatic heterocycles. The first-order valence-electron chi connectivity index (χ1n) is 7.41. The van der Waals surface area contributed by atoms with Crippen molar-refractivity contribution < 1.29 is 14.3 Å². The smallest absolute Gasteiger partial charge is 0.328 e. The molecule has 0 heterocycles. The van der Waals surface area contributed by atoms with Crippen LogP contribution < -0.4 is 10.6 Å². The van der Waals surface area contributed by atoms with Gasteiger partial charge in [0.2, 0.25) is 0 Å². The summed E-state index contributed by atoms with van der Waals surface area (Å²) < 4.78 is 4.70. The minimum Gasteiger partial charge on any atom is -0.467 e. The Labute approximate surface area is 132 Å². The molecule has 0 saturated heterocycles. The molecule has 1 atom stereocenters. The maximum atomic E-state index is 12.0. The normalized spacial score (nSPS) is 12.7. The highest BCUT2D eigenvalue weighted by atomic mass is 16.5. The summed E-state index contributed by atoms with van der Waals surface area (Å²) in [6, 6.07) is 6.57. The molecule has 5 heteroatoms. The summed E-state index contributed by atoms with van der Waals surface area (Å²) in [4.78, 5) is 23.6. The molecular weight excluding hydrogens is 280 g/mol. The number of hydrogen-bond donors (Lipinski definition) is 2. The lowest BCUT2D eigenvalue weighted by molar-refractivity contribution is -0.143. The van der Waals surface area contributed by atoms with Gasteiger partial charge in [0.15, 0.2) is 0 Å². The Hall–Kier alpha value is -2.04. The molecule has 2 amide bonds. The fraction of sp³-hybridized carbons (Fsp3) is 0.529. The number of amides is 2. The van der Waals surface area contributed by atoms with Crippen LogP contribution in [0.15, 0.2) is 24.3 Å². The predicted molar refractivity (Wildman–Crippen MR) is 87.9 cm³/mol. The van der Waals surface area contributed by atoms with Gasteiger partial charge in [0.25, 0.3) is 0 Å². The molecule has 5 nitrogen and oxygen atoms in total. The second kappa shape index (κ2) is 7.29. The van der Waals surface area contributed by atoms with Crippen molar-refractivity contribution in [2.75, 3.05) is 12.4 Å². The second-order valence-electron chi connectivity index (χ2n) is 6.67. The molecule has 1 rings (SSSR count). The molecule has 0 spiro atoms. The molecule has 0 unspecified atom stereocenters. The molecule has 122 valence electrons. The highest BCUT2D eigenvalue weighted by molar-refractivity contribution is 5.92. The van der Waals surface area contributed by atoms with Crippen molar-refractivity contribution in [1.29, 1.82) is 0 Å². The average molecular weight is 306 g/mol. The summed E-state index contributed by atoms with van der Waals surface area (Å²) in [5.41, 5.74) is 1.93. The van der Waals surface area contributed by atoms with Gasteiger partial charge in [0.05, 0.1) is 7.11 Å². The molecule has 0 saturated carbocycles. The minimum atomic E-state index is -0.668. The zero-order valence-corrected chi connectivity index (χ0v) is 14.2. The first kappa shape index (κ1) is 18.0. The van der Waals surface area contributed by atoms with Gasteiger partial charge >= 0.3 is 12.0 Å². The number of rotatable bonds is 4. The van der Waals surface area contributed by atoms with E-state index < -0.39 is 18.0 Å². The van der Waals surface area contributed by atoms with Crippen LogP contribution >= 0.6 is 0 Å². The van der Waals surface area contributed by atoms with Crippen LogP contribution in [0.4, 0.5) is 10.5 Å². The largest absolute Gasteiger partial charge is 0.467 e. The topological polar surface area (TPSA) is 67.4 Å². The molecule has 0 bridgehead atoms. The zero-order valence-electron chi connectivity index (χ0n) is 14.2. The third kappa shape index (κ3) is 5.06. The maximum Gasteiger partial charge on any atom is 0.328 e. The molecule has 1 aromatic carbocycles. The van der Waals surface area contributed by atoms with Crippen LogP contribution in [0.25, 0.3) is 0 Å². The summed E-state index contributed by atoms with van der Waals surface area (Å²) in [5.74, 6) is -0.505. The van der Waals surface area contributed by atoms with E-state index in [4.69, 9.17) is 4.74 Å². The number of anilines is 1. The van der Waals surface area contributed by atoms with Crippen molar-refractivity contribution in [3.05, 3.63) is 29.8 Å². The van der Waals surface area contributed by atoms with Crippen LogP contribution in [0.3, 0.4) is 0 Å². The van der Waals surface area contributed by atoms with Crippen LogP contribution in [-0.2, 0) is 14.9 Å². The van der Waals surface area contributed by atoms with Crippen molar-refractivity contribution in [2.45, 2.75) is 46.1 Å². The van der Waals surface area contributed by atoms with Gasteiger partial charge in [-0.25, -0.2) is 9.59 Å². The first-order valence-corrected chi connectivity index (χ1v) is 7.41. The van der Waals surface area contributed by atoms with Gasteiger partial charge in [0.1, 0.15) is 6.04 Å². The zero-order chi connectivity index (χ0) is 16.9. The molecule has 1 aromatic rings. The van der Waals surface area contributed by atoms with Gasteiger partial charge in [-0.2, -0.15) is 0 Å². The molecule has 0 aliphatic heterocycles. The third-order valence-corrected chi connectivity index (χ3v) is 3.42. The van der Waals surface area contributed by atoms with E-state index in [1.54, 1.807) is 0 Å². The number of urea groups is 1. The summed E-state index contributed by atoms with van der Waals surface area (Å²) in [7, 11) is 1.31. The van der Waals surface area contributed by atoms with Gasteiger partial charge in [-0.05, 0) is 29.0 Å². The predicted octanol–water partition coefficient (Wildman–Crippen LogP) is 3.30. The molecule has 2 N–H and O–H groups in total. The van der Waals surface area contributed by atoms with E-state index in [1.807, 2.05) is 38.1 Å². The van der Waals surface area contributed by atoms with Crippen molar-refractivity contribution in [1.82, 2.24) is 5.32 Å². The molecule has 0 radical (unpaired) electrons. The van der Waals surface area contributed by atoms with Gasteiger partial charge < -0.3 is 15.4 Å². The average Bonchev–Trinajstić information content (AvgIpc) is 2.43. The van der Waals surface area contributed by atoms with Crippen LogP contribution in [0, 0.1) is 5.92 Å². The highest BCUT2D eigenvalue weighted by Gasteiger charge is 2.24. The Kier molecular flexibility index (Phi) is 5.97. The van der Waals surface area contributed by atoms with E-state index in [0.717, 1.165) is 0 Å². The SMILES string of the molecule is COC(=O)[C@@H](NC(=O)Nc1ccc(C(C)(C)C)cc1)C(C)C. The van der Waals surface area contributed by atoms with Gasteiger partial charge in [-0.15, -0.1) is 0 Å². The van der Waals surface area contributed by atoms with Crippen LogP contribution in [0.1, 0.15) is 40.2 Å². The Morgan fingerprint density at radius 1 is 1.09 bits per heavy atom. The fourth-order valence-corrected chi connectivity index (χ4v) is 1.99. The van der Waals surface area contributed by atoms with E-state index >= 15 is 0 Å². The fourth-order valence-electron chi connectivity index (χ4n) is 1.99. The Morgan fingerprint density at radius 2 is 1.64 bits per heavy atom. The quantitative estimate of drug-likeness (QED) is 0.839. The van der Waals surface area contributed by atoms with Gasteiger partial charge in [0, 0.05) is 5.69 Å². The van der Waals surface area contributed by atoms with E-state index in [-0.39, 0.29) is 11.3 Å². The molecule has 22 heavy (non-hydrogen) atoms. The van der Waals surface area contributed by atoms with E-state index in [9.17, 15) is 9.59 Å². The lowest BCUT2D eigenvalue weighted by Crippen LogP contribution is -2.46. The first-order chi connectivity index (χ1) is 10.1. The minimum absolute atomic E-state index is 0.0542.